The molecule has 0 N–H and O–H groups in total. The summed E-state index contributed by atoms with van der Waals surface area (Å²) in [6.07, 6.45) is 1.94. The summed E-state index contributed by atoms with van der Waals surface area (Å²) < 4.78 is -5.80. The highest BCUT2D eigenvalue weighted by Crippen LogP contribution is 2.57. The number of rotatable bonds is 4. The van der Waals surface area contributed by atoms with E-state index in [4.69, 9.17) is 81.2 Å². The maximum atomic E-state index is 6.21. The first-order chi connectivity index (χ1) is 10.1. The average molecular weight is 438 g/mol. The lowest BCUT2D eigenvalue weighted by molar-refractivity contribution is 0.713. The van der Waals surface area contributed by atoms with Gasteiger partial charge in [-0.1, -0.05) is 124 Å². The maximum Gasteiger partial charge on any atom is 0.226 e. The topological polar surface area (TPSA) is 0 Å². The molecule has 0 nitrogen and oxygen atoms in total. The minimum atomic E-state index is -2.05. The second kappa shape index (κ2) is 6.92. The highest BCUT2D eigenvalue weighted by Gasteiger charge is 2.59. The molecule has 119 valence electrons. The third-order valence-electron chi connectivity index (χ3n) is 3.23. The Morgan fingerprint density at radius 2 is 1.36 bits per heavy atom. The summed E-state index contributed by atoms with van der Waals surface area (Å²) in [7, 11) is 0. The molecule has 0 saturated carbocycles. The Bertz CT molecular complexity index is 653. The fraction of sp³-hybridized carbons (Fsp3) is 0.267. The number of halogens is 7. The highest BCUT2D eigenvalue weighted by molar-refractivity contribution is 6.78. The summed E-state index contributed by atoms with van der Waals surface area (Å²) in [6, 6.07) is 13.9. The molecule has 2 rings (SSSR count). The molecule has 2 aromatic carbocycles. The van der Waals surface area contributed by atoms with Crippen molar-refractivity contribution in [1.29, 1.82) is 0 Å². The zero-order chi connectivity index (χ0) is 16.6. The monoisotopic (exact) mass is 435 g/mol. The molecular weight excluding hydrogens is 428 g/mol. The van der Waals surface area contributed by atoms with E-state index in [0.717, 1.165) is 16.3 Å². The van der Waals surface area contributed by atoms with E-state index >= 15 is 0 Å². The average Bonchev–Trinajstić information content (AvgIpc) is 2.43. The van der Waals surface area contributed by atoms with Crippen LogP contribution in [0.25, 0.3) is 10.8 Å². The Labute approximate surface area is 164 Å². The summed E-state index contributed by atoms with van der Waals surface area (Å²) in [5.41, 5.74) is 1.01. The molecule has 0 atom stereocenters. The molecule has 0 aliphatic heterocycles. The van der Waals surface area contributed by atoms with Crippen LogP contribution in [0.15, 0.2) is 42.5 Å². The molecule has 22 heavy (non-hydrogen) atoms. The summed E-state index contributed by atoms with van der Waals surface area (Å²) in [6.45, 7) is 0. The molecule has 7 heteroatoms. The van der Waals surface area contributed by atoms with E-state index in [2.05, 4.69) is 0 Å². The minimum Gasteiger partial charge on any atom is -0.0978 e. The normalized spacial score (nSPS) is 13.6. The van der Waals surface area contributed by atoms with Crippen molar-refractivity contribution < 1.29 is 0 Å². The molecular formula is C15H10Cl7. The van der Waals surface area contributed by atoms with Crippen LogP contribution in [-0.2, 0) is 6.42 Å². The van der Waals surface area contributed by atoms with Gasteiger partial charge in [0.1, 0.15) is 0 Å². The molecule has 0 aliphatic rings. The minimum absolute atomic E-state index is 0.413. The van der Waals surface area contributed by atoms with Crippen molar-refractivity contribution in [3.8, 4) is 0 Å². The van der Waals surface area contributed by atoms with Crippen molar-refractivity contribution in [3.63, 3.8) is 0 Å². The second-order valence-electron chi connectivity index (χ2n) is 4.74. The number of hydrogen-bond donors (Lipinski definition) is 0. The lowest BCUT2D eigenvalue weighted by Crippen LogP contribution is -2.47. The van der Waals surface area contributed by atoms with Gasteiger partial charge in [-0.25, -0.2) is 0 Å². The van der Waals surface area contributed by atoms with Crippen molar-refractivity contribution in [1.82, 2.24) is 0 Å². The third-order valence-corrected chi connectivity index (χ3v) is 7.09. The predicted octanol–water partition coefficient (Wildman–Crippen LogP) is 7.30. The van der Waals surface area contributed by atoms with E-state index < -0.39 is 12.5 Å². The van der Waals surface area contributed by atoms with Crippen LogP contribution in [0.4, 0.5) is 0 Å². The van der Waals surface area contributed by atoms with Crippen molar-refractivity contribution in [2.75, 3.05) is 0 Å². The van der Waals surface area contributed by atoms with Crippen molar-refractivity contribution in [2.24, 2.45) is 0 Å². The van der Waals surface area contributed by atoms with Crippen LogP contribution in [0.5, 0.6) is 0 Å². The molecule has 0 heterocycles. The third kappa shape index (κ3) is 3.86. The number of benzene rings is 2. The fourth-order valence-corrected chi connectivity index (χ4v) is 3.36. The summed E-state index contributed by atoms with van der Waals surface area (Å²) in [4.78, 5) is 0. The summed E-state index contributed by atoms with van der Waals surface area (Å²) >= 11 is 41.8. The number of alkyl halides is 7. The molecule has 2 aromatic rings. The molecule has 0 bridgehead atoms. The Balaban J connectivity index is 2.25. The molecule has 1 radical (unpaired) electrons. The van der Waals surface area contributed by atoms with Gasteiger partial charge in [0, 0.05) is 6.42 Å². The first-order valence-corrected chi connectivity index (χ1v) is 8.84. The maximum absolute atomic E-state index is 6.21. The fourth-order valence-electron chi connectivity index (χ4n) is 2.03. The lowest BCUT2D eigenvalue weighted by Gasteiger charge is -2.37. The molecule has 0 aromatic heterocycles. The molecule has 0 spiro atoms. The van der Waals surface area contributed by atoms with Crippen LogP contribution >= 0.6 is 81.2 Å². The Morgan fingerprint density at radius 3 is 2.00 bits per heavy atom. The van der Waals surface area contributed by atoms with Gasteiger partial charge in [-0.15, -0.1) is 0 Å². The van der Waals surface area contributed by atoms with Crippen LogP contribution in [-0.4, -0.2) is 12.5 Å². The first-order valence-electron chi connectivity index (χ1n) is 6.19. The van der Waals surface area contributed by atoms with E-state index in [1.54, 1.807) is 0 Å². The Hall–Kier alpha value is 0.730. The SMILES string of the molecule is ClC(Cl)(Cl)C(Cl)(Cl)C(Cl)(Cl)[CH]Cc1cccc2ccccc12. The lowest BCUT2D eigenvalue weighted by atomic mass is 9.99. The van der Waals surface area contributed by atoms with Gasteiger partial charge in [-0.3, -0.25) is 0 Å². The standard InChI is InChI=1S/C15H10Cl7/c16-13(17,14(18,19)15(20,21)22)9-8-11-6-3-5-10-4-1-2-7-12(10)11/h1-7,9H,8H2. The second-order valence-corrected chi connectivity index (χ2v) is 9.74. The quantitative estimate of drug-likeness (QED) is 0.439. The molecule has 0 aliphatic carbocycles. The van der Waals surface area contributed by atoms with Crippen LogP contribution in [0.3, 0.4) is 0 Å². The summed E-state index contributed by atoms with van der Waals surface area (Å²) in [5, 5.41) is 2.18. The van der Waals surface area contributed by atoms with Crippen molar-refractivity contribution in [2.45, 2.75) is 18.9 Å². The smallest absolute Gasteiger partial charge is 0.0978 e. The summed E-state index contributed by atoms with van der Waals surface area (Å²) in [5.74, 6) is 0. The van der Waals surface area contributed by atoms with Gasteiger partial charge in [-0.05, 0) is 22.8 Å². The Morgan fingerprint density at radius 1 is 0.773 bits per heavy atom. The zero-order valence-electron chi connectivity index (χ0n) is 11.0. The molecule has 0 fully saturated rings. The largest absolute Gasteiger partial charge is 0.226 e. The zero-order valence-corrected chi connectivity index (χ0v) is 16.3. The van der Waals surface area contributed by atoms with Gasteiger partial charge in [-0.2, -0.15) is 0 Å². The van der Waals surface area contributed by atoms with Crippen LogP contribution in [0.2, 0.25) is 0 Å². The molecule has 0 unspecified atom stereocenters. The van der Waals surface area contributed by atoms with E-state index in [-0.39, 0.29) is 0 Å². The van der Waals surface area contributed by atoms with Crippen molar-refractivity contribution >= 4 is 92.0 Å². The van der Waals surface area contributed by atoms with Gasteiger partial charge < -0.3 is 0 Å². The Kier molecular flexibility index (Phi) is 6.00. The molecule has 0 saturated heterocycles. The first kappa shape index (κ1) is 19.1. The predicted molar refractivity (Wildman–Crippen MR) is 101 cm³/mol. The van der Waals surface area contributed by atoms with Gasteiger partial charge in [0.05, 0.1) is 0 Å². The molecule has 0 amide bonds. The highest BCUT2D eigenvalue weighted by atomic mass is 35.6. The van der Waals surface area contributed by atoms with Crippen LogP contribution < -0.4 is 0 Å². The van der Waals surface area contributed by atoms with E-state index in [1.807, 2.05) is 42.5 Å². The van der Waals surface area contributed by atoms with Gasteiger partial charge in [0.15, 0.2) is 8.67 Å². The van der Waals surface area contributed by atoms with E-state index in [1.165, 1.54) is 6.42 Å². The number of fused-ring (bicyclic) bond motifs is 1. The van der Waals surface area contributed by atoms with Crippen LogP contribution in [0.1, 0.15) is 5.56 Å². The number of hydrogen-bond acceptors (Lipinski definition) is 0. The van der Waals surface area contributed by atoms with Gasteiger partial charge in [0.25, 0.3) is 0 Å². The van der Waals surface area contributed by atoms with E-state index in [0.29, 0.717) is 6.42 Å². The van der Waals surface area contributed by atoms with Crippen LogP contribution in [0, 0.1) is 6.42 Å². The van der Waals surface area contributed by atoms with Gasteiger partial charge in [0.2, 0.25) is 3.79 Å². The van der Waals surface area contributed by atoms with Gasteiger partial charge >= 0.3 is 0 Å². The van der Waals surface area contributed by atoms with E-state index in [9.17, 15) is 0 Å². The van der Waals surface area contributed by atoms with Crippen molar-refractivity contribution in [3.05, 3.63) is 54.4 Å².